The Kier molecular flexibility index (Phi) is 21.9. The SMILES string of the molecule is COc1cc2cc(c1Cl)N(C)C(=O)C[C@H](OC(=O)[C@H](C)N(C)C(=O)CCSSCCC(=O)NCCOCCOCCN=[N+]=[N-])[C@]1(C)O[C@H]1C(C)[C@@H]1C[C@@](O)(NC(=O)O1)[C@H](OC)/C=C/C=C(\C)C2. The number of carbonyl (C=O) groups excluding carboxylic acids is 5. The van der Waals surface area contributed by atoms with Crippen LogP contribution in [0.25, 0.3) is 10.4 Å². The summed E-state index contributed by atoms with van der Waals surface area (Å²) in [7, 11) is 8.84. The maximum Gasteiger partial charge on any atom is 0.409 e. The number of allylic oxidation sites excluding steroid dienone is 3. The number of benzene rings is 1. The molecule has 3 aliphatic heterocycles. The number of halogens is 1. The average Bonchev–Trinajstić information content (AvgIpc) is 3.99. The van der Waals surface area contributed by atoms with Crippen LogP contribution >= 0.6 is 33.2 Å². The zero-order chi connectivity index (χ0) is 49.3. The third-order valence-corrected chi connectivity index (χ3v) is 14.5. The van der Waals surface area contributed by atoms with Crippen molar-refractivity contribution in [3.8, 4) is 5.75 Å². The number of carbonyl (C=O) groups is 5. The number of azide groups is 1. The first-order valence-corrected chi connectivity index (χ1v) is 24.8. The zero-order valence-electron chi connectivity index (χ0n) is 39.3. The number of amides is 4. The first-order valence-electron chi connectivity index (χ1n) is 21.9. The summed E-state index contributed by atoms with van der Waals surface area (Å²) >= 11 is 6.80. The predicted octanol–water partition coefficient (Wildman–Crippen LogP) is 5.14. The topological polar surface area (TPSA) is 253 Å². The number of esters is 1. The van der Waals surface area contributed by atoms with Gasteiger partial charge in [-0.25, -0.2) is 9.59 Å². The minimum Gasteiger partial charge on any atom is -0.495 e. The van der Waals surface area contributed by atoms with Crippen LogP contribution in [-0.2, 0) is 54.0 Å². The van der Waals surface area contributed by atoms with Gasteiger partial charge in [0.25, 0.3) is 0 Å². The average molecular weight is 999 g/mol. The Bertz CT molecular complexity index is 2010. The normalized spacial score (nSPS) is 26.9. The molecule has 67 heavy (non-hydrogen) atoms. The summed E-state index contributed by atoms with van der Waals surface area (Å²) in [5, 5.41) is 20.7. The molecule has 0 aliphatic carbocycles. The fourth-order valence-electron chi connectivity index (χ4n) is 7.60. The van der Waals surface area contributed by atoms with Crippen molar-refractivity contribution < 1.29 is 62.2 Å². The summed E-state index contributed by atoms with van der Waals surface area (Å²) in [6.07, 6.45) is 1.03. The molecule has 20 nitrogen and oxygen atoms in total. The first-order chi connectivity index (χ1) is 31.9. The van der Waals surface area contributed by atoms with Crippen molar-refractivity contribution in [2.24, 2.45) is 11.0 Å². The van der Waals surface area contributed by atoms with Crippen molar-refractivity contribution in [1.29, 1.82) is 0 Å². The van der Waals surface area contributed by atoms with Crippen LogP contribution in [0.4, 0.5) is 10.5 Å². The molecular formula is C44H64ClN7O13S2. The highest BCUT2D eigenvalue weighted by Crippen LogP contribution is 2.49. The molecular weight excluding hydrogens is 934 g/mol. The van der Waals surface area contributed by atoms with Gasteiger partial charge in [0.15, 0.2) is 5.72 Å². The van der Waals surface area contributed by atoms with Gasteiger partial charge < -0.3 is 53.4 Å². The van der Waals surface area contributed by atoms with Crippen LogP contribution in [0.2, 0.25) is 5.02 Å². The van der Waals surface area contributed by atoms with Gasteiger partial charge in [-0.15, -0.1) is 0 Å². The monoisotopic (exact) mass is 997 g/mol. The van der Waals surface area contributed by atoms with E-state index >= 15 is 0 Å². The Morgan fingerprint density at radius 3 is 2.54 bits per heavy atom. The lowest BCUT2D eigenvalue weighted by molar-refractivity contribution is -0.162. The molecule has 0 spiro atoms. The van der Waals surface area contributed by atoms with E-state index in [1.807, 2.05) is 13.0 Å². The highest BCUT2D eigenvalue weighted by atomic mass is 35.5. The largest absolute Gasteiger partial charge is 0.495 e. The highest BCUT2D eigenvalue weighted by molar-refractivity contribution is 8.76. The van der Waals surface area contributed by atoms with Gasteiger partial charge in [0.05, 0.1) is 51.7 Å². The number of methoxy groups -OCH3 is 2. The van der Waals surface area contributed by atoms with Gasteiger partial charge in [0, 0.05) is 75.9 Å². The molecule has 372 valence electrons. The quantitative estimate of drug-likeness (QED) is 0.0274. The highest BCUT2D eigenvalue weighted by Gasteiger charge is 2.64. The van der Waals surface area contributed by atoms with Crippen LogP contribution in [0.1, 0.15) is 58.9 Å². The summed E-state index contributed by atoms with van der Waals surface area (Å²) in [5.41, 5.74) is 7.18. The zero-order valence-corrected chi connectivity index (χ0v) is 41.7. The number of anilines is 1. The van der Waals surface area contributed by atoms with E-state index in [9.17, 15) is 29.1 Å². The van der Waals surface area contributed by atoms with Crippen LogP contribution in [0.15, 0.2) is 41.0 Å². The molecule has 1 aromatic carbocycles. The summed E-state index contributed by atoms with van der Waals surface area (Å²) in [4.78, 5) is 72.0. The van der Waals surface area contributed by atoms with E-state index < -0.39 is 65.7 Å². The molecule has 0 radical (unpaired) electrons. The first kappa shape index (κ1) is 55.3. The Morgan fingerprint density at radius 2 is 1.85 bits per heavy atom. The third-order valence-electron chi connectivity index (χ3n) is 11.8. The molecule has 0 saturated carbocycles. The summed E-state index contributed by atoms with van der Waals surface area (Å²) < 4.78 is 40.0. The van der Waals surface area contributed by atoms with Crippen LogP contribution in [0, 0.1) is 5.92 Å². The smallest absolute Gasteiger partial charge is 0.409 e. The lowest BCUT2D eigenvalue weighted by Crippen LogP contribution is -2.63. The fourth-order valence-corrected chi connectivity index (χ4v) is 9.88. The number of rotatable bonds is 21. The van der Waals surface area contributed by atoms with Crippen LogP contribution in [0.5, 0.6) is 5.75 Å². The number of aliphatic hydroxyl groups is 1. The van der Waals surface area contributed by atoms with E-state index in [1.54, 1.807) is 45.2 Å². The van der Waals surface area contributed by atoms with Gasteiger partial charge in [0.1, 0.15) is 40.7 Å². The molecule has 3 N–H and O–H groups in total. The maximum absolute atomic E-state index is 14.3. The molecule has 0 aromatic heterocycles. The number of fused-ring (bicyclic) bond motifs is 5. The van der Waals surface area contributed by atoms with Crippen molar-refractivity contribution in [2.45, 2.75) is 102 Å². The molecule has 2 fully saturated rings. The van der Waals surface area contributed by atoms with E-state index in [0.29, 0.717) is 62.3 Å². The Balaban J connectivity index is 1.40. The summed E-state index contributed by atoms with van der Waals surface area (Å²) in [6.45, 7) is 8.88. The van der Waals surface area contributed by atoms with Gasteiger partial charge in [-0.2, -0.15) is 0 Å². The molecule has 4 bridgehead atoms. The number of nitrogens with one attached hydrogen (secondary N) is 2. The second kappa shape index (κ2) is 26.5. The van der Waals surface area contributed by atoms with E-state index in [2.05, 4.69) is 20.7 Å². The lowest BCUT2D eigenvalue weighted by Gasteiger charge is -2.42. The maximum atomic E-state index is 14.3. The second-order valence-electron chi connectivity index (χ2n) is 16.6. The molecule has 8 atom stereocenters. The Morgan fingerprint density at radius 1 is 1.15 bits per heavy atom. The Hall–Kier alpha value is -4.25. The number of hydrogen-bond acceptors (Lipinski definition) is 16. The molecule has 3 heterocycles. The van der Waals surface area contributed by atoms with Gasteiger partial charge in [-0.3, -0.25) is 19.7 Å². The summed E-state index contributed by atoms with van der Waals surface area (Å²) in [5.74, 6) is -0.946. The van der Waals surface area contributed by atoms with Gasteiger partial charge >= 0.3 is 12.1 Å². The van der Waals surface area contributed by atoms with Crippen molar-refractivity contribution in [1.82, 2.24) is 15.5 Å². The van der Waals surface area contributed by atoms with E-state index in [0.717, 1.165) is 11.1 Å². The van der Waals surface area contributed by atoms with Crippen molar-refractivity contribution in [2.75, 3.05) is 84.2 Å². The van der Waals surface area contributed by atoms with Crippen LogP contribution in [-0.4, -0.2) is 161 Å². The Labute approximate surface area is 404 Å². The van der Waals surface area contributed by atoms with Crippen molar-refractivity contribution >= 4 is 68.7 Å². The van der Waals surface area contributed by atoms with Crippen LogP contribution in [0.3, 0.4) is 0 Å². The molecule has 3 aliphatic rings. The van der Waals surface area contributed by atoms with Crippen molar-refractivity contribution in [3.05, 3.63) is 57.0 Å². The number of likely N-dealkylation sites (N-methyl/N-ethyl adjacent to an activating group) is 1. The molecule has 23 heteroatoms. The minimum absolute atomic E-state index is 0.0778. The van der Waals surface area contributed by atoms with Gasteiger partial charge in [0.2, 0.25) is 17.7 Å². The predicted molar refractivity (Wildman–Crippen MR) is 254 cm³/mol. The number of epoxide rings is 1. The lowest BCUT2D eigenvalue weighted by atomic mass is 9.83. The number of alkyl carbamates (subject to hydrolysis) is 1. The van der Waals surface area contributed by atoms with Crippen LogP contribution < -0.4 is 20.3 Å². The number of nitrogens with zero attached hydrogens (tertiary/aromatic N) is 5. The molecule has 4 rings (SSSR count). The van der Waals surface area contributed by atoms with E-state index in [1.165, 1.54) is 59.6 Å². The third kappa shape index (κ3) is 15.9. The van der Waals surface area contributed by atoms with E-state index in [-0.39, 0.29) is 49.1 Å². The molecule has 1 aromatic rings. The van der Waals surface area contributed by atoms with Crippen molar-refractivity contribution in [3.63, 3.8) is 0 Å². The molecule has 2 saturated heterocycles. The minimum atomic E-state index is -1.86. The summed E-state index contributed by atoms with van der Waals surface area (Å²) in [6, 6.07) is 2.51. The number of hydrogen-bond donors (Lipinski definition) is 3. The molecule has 1 unspecified atom stereocenters. The number of ether oxygens (including phenoxy) is 7. The van der Waals surface area contributed by atoms with E-state index in [4.69, 9.17) is 50.3 Å². The van der Waals surface area contributed by atoms with Gasteiger partial charge in [-0.05, 0) is 50.4 Å². The standard InChI is InChI=1S/C44H64ClN7O13S2/c1-27-10-9-11-34(60-8)44(58)26-33(63-42(57)49-44)28(2)40-43(4,65-40)35(25-38(55)52(6)31-23-30(22-27)24-32(59-7)39(31)45)64-41(56)29(3)51(5)37(54)13-21-67-66-20-12-36(53)47-14-16-61-18-19-62-17-15-48-50-46/h9-11,23-24,28-29,33-35,40,58H,12-22,25-26H2,1-8H3,(H,47,53)(H,49,57)/b11-9+,27-10+/t28?,29-,33-,34+,35-,40-,43-,44-/m0/s1. The van der Waals surface area contributed by atoms with Gasteiger partial charge in [-0.1, -0.05) is 69.0 Å². The molecule has 4 amide bonds. The fraction of sp³-hybridized carbons (Fsp3) is 0.659. The second-order valence-corrected chi connectivity index (χ2v) is 19.7.